The highest BCUT2D eigenvalue weighted by molar-refractivity contribution is 7.99. The zero-order valence-corrected chi connectivity index (χ0v) is 20.7. The molecular formula is C22H35N7S2. The molecule has 7 N–H and O–H groups in total. The molecular weight excluding hydrogens is 426 g/mol. The molecule has 0 unspecified atom stereocenters. The molecule has 0 radical (unpaired) electrons. The SMILES string of the molecule is CC.CNC(=S)NSc1ccc(NCCCN)c(C#N)c1.Cc1ccc(C)c(CN)n1. The number of thiocarbonyl (C=S) groups is 1. The fraction of sp³-hybridized carbons (Fsp3) is 0.409. The summed E-state index contributed by atoms with van der Waals surface area (Å²) in [6, 6.07) is 11.9. The Labute approximate surface area is 196 Å². The lowest BCUT2D eigenvalue weighted by Crippen LogP contribution is -2.27. The molecule has 0 saturated heterocycles. The minimum absolute atomic E-state index is 0.535. The Hall–Kier alpha value is -2.38. The standard InChI is InChI=1S/C12H17N5S2.C8H12N2.C2H6/c1-15-12(18)17-19-10-3-4-11(9(7-10)8-14)16-6-2-5-13;1-6-3-4-7(2)10-8(6)5-9;1-2/h3-4,7,16H,2,5-6,13H2,1H3,(H2,15,17,18);3-4H,5,9H2,1-2H3;1-2H3. The van der Waals surface area contributed by atoms with E-state index in [0.29, 0.717) is 23.8 Å². The first-order valence-corrected chi connectivity index (χ1v) is 11.4. The predicted molar refractivity (Wildman–Crippen MR) is 137 cm³/mol. The molecule has 2 aromatic rings. The predicted octanol–water partition coefficient (Wildman–Crippen LogP) is 3.60. The summed E-state index contributed by atoms with van der Waals surface area (Å²) in [5.74, 6) is 0. The fourth-order valence-corrected chi connectivity index (χ4v) is 2.95. The molecule has 0 aliphatic carbocycles. The van der Waals surface area contributed by atoms with Crippen molar-refractivity contribution in [1.82, 2.24) is 15.0 Å². The van der Waals surface area contributed by atoms with Gasteiger partial charge in [0.2, 0.25) is 0 Å². The Morgan fingerprint density at radius 3 is 2.45 bits per heavy atom. The minimum atomic E-state index is 0.535. The van der Waals surface area contributed by atoms with E-state index in [9.17, 15) is 0 Å². The van der Waals surface area contributed by atoms with Gasteiger partial charge >= 0.3 is 0 Å². The van der Waals surface area contributed by atoms with Gasteiger partial charge in [-0.3, -0.25) is 4.98 Å². The smallest absolute Gasteiger partial charge is 0.176 e. The van der Waals surface area contributed by atoms with Crippen molar-refractivity contribution in [3.8, 4) is 6.07 Å². The van der Waals surface area contributed by atoms with E-state index in [0.717, 1.165) is 34.9 Å². The lowest BCUT2D eigenvalue weighted by Gasteiger charge is -2.10. The Morgan fingerprint density at radius 2 is 1.90 bits per heavy atom. The highest BCUT2D eigenvalue weighted by Gasteiger charge is 2.04. The molecule has 0 aliphatic rings. The van der Waals surface area contributed by atoms with Gasteiger partial charge in [0.05, 0.1) is 16.9 Å². The largest absolute Gasteiger partial charge is 0.384 e. The van der Waals surface area contributed by atoms with Crippen LogP contribution in [0.25, 0.3) is 0 Å². The molecule has 0 bridgehead atoms. The average Bonchev–Trinajstić information content (AvgIpc) is 2.81. The summed E-state index contributed by atoms with van der Waals surface area (Å²) < 4.78 is 2.96. The maximum absolute atomic E-state index is 9.14. The van der Waals surface area contributed by atoms with Crippen LogP contribution in [0.5, 0.6) is 0 Å². The zero-order chi connectivity index (χ0) is 23.6. The number of hydrogen-bond acceptors (Lipinski definition) is 7. The third-order valence-electron chi connectivity index (χ3n) is 3.83. The highest BCUT2D eigenvalue weighted by atomic mass is 32.2. The quantitative estimate of drug-likeness (QED) is 0.239. The minimum Gasteiger partial charge on any atom is -0.384 e. The highest BCUT2D eigenvalue weighted by Crippen LogP contribution is 2.22. The topological polar surface area (TPSA) is 125 Å². The van der Waals surface area contributed by atoms with Crippen molar-refractivity contribution >= 4 is 35.0 Å². The van der Waals surface area contributed by atoms with Crippen molar-refractivity contribution in [3.05, 3.63) is 52.8 Å². The van der Waals surface area contributed by atoms with Crippen molar-refractivity contribution < 1.29 is 0 Å². The van der Waals surface area contributed by atoms with Gasteiger partial charge in [-0.15, -0.1) is 0 Å². The van der Waals surface area contributed by atoms with Crippen molar-refractivity contribution in [2.45, 2.75) is 45.6 Å². The van der Waals surface area contributed by atoms with E-state index in [1.807, 2.05) is 58.0 Å². The summed E-state index contributed by atoms with van der Waals surface area (Å²) in [4.78, 5) is 5.20. The number of benzene rings is 1. The number of aromatic nitrogens is 1. The van der Waals surface area contributed by atoms with Crippen LogP contribution in [0.3, 0.4) is 0 Å². The normalized spacial score (nSPS) is 9.23. The monoisotopic (exact) mass is 461 g/mol. The van der Waals surface area contributed by atoms with Crippen LogP contribution in [0, 0.1) is 25.2 Å². The van der Waals surface area contributed by atoms with Gasteiger partial charge in [0.15, 0.2) is 5.11 Å². The summed E-state index contributed by atoms with van der Waals surface area (Å²) in [5.41, 5.74) is 15.5. The first kappa shape index (κ1) is 28.6. The fourth-order valence-electron chi connectivity index (χ4n) is 2.20. The second-order valence-electron chi connectivity index (χ2n) is 6.09. The number of aryl methyl sites for hydroxylation is 2. The van der Waals surface area contributed by atoms with Crippen LogP contribution in [-0.4, -0.2) is 30.2 Å². The van der Waals surface area contributed by atoms with E-state index in [1.54, 1.807) is 7.05 Å². The van der Waals surface area contributed by atoms with Gasteiger partial charge in [-0.1, -0.05) is 19.9 Å². The van der Waals surface area contributed by atoms with E-state index in [4.69, 9.17) is 28.9 Å². The van der Waals surface area contributed by atoms with Gasteiger partial charge in [-0.05, 0) is 80.8 Å². The van der Waals surface area contributed by atoms with E-state index < -0.39 is 0 Å². The first-order valence-electron chi connectivity index (χ1n) is 10.2. The maximum Gasteiger partial charge on any atom is 0.176 e. The van der Waals surface area contributed by atoms with Crippen LogP contribution in [0.1, 0.15) is 42.8 Å². The van der Waals surface area contributed by atoms with E-state index in [1.165, 1.54) is 17.5 Å². The summed E-state index contributed by atoms with van der Waals surface area (Å²) in [6.45, 7) is 9.93. The molecule has 1 heterocycles. The van der Waals surface area contributed by atoms with Crippen LogP contribution in [0.4, 0.5) is 5.69 Å². The average molecular weight is 462 g/mol. The Bertz CT molecular complexity index is 835. The van der Waals surface area contributed by atoms with E-state index in [2.05, 4.69) is 26.4 Å². The zero-order valence-electron chi connectivity index (χ0n) is 19.1. The third-order valence-corrected chi connectivity index (χ3v) is 5.06. The molecule has 0 atom stereocenters. The molecule has 9 heteroatoms. The van der Waals surface area contributed by atoms with Crippen LogP contribution in [0.2, 0.25) is 0 Å². The van der Waals surface area contributed by atoms with Gasteiger partial charge in [-0.2, -0.15) is 5.26 Å². The van der Waals surface area contributed by atoms with E-state index in [-0.39, 0.29) is 0 Å². The molecule has 0 spiro atoms. The van der Waals surface area contributed by atoms with Crippen LogP contribution in [-0.2, 0) is 6.54 Å². The number of rotatable bonds is 7. The summed E-state index contributed by atoms with van der Waals surface area (Å²) >= 11 is 6.35. The van der Waals surface area contributed by atoms with Crippen molar-refractivity contribution in [3.63, 3.8) is 0 Å². The van der Waals surface area contributed by atoms with Crippen molar-refractivity contribution in [2.75, 3.05) is 25.5 Å². The molecule has 0 fully saturated rings. The van der Waals surface area contributed by atoms with Crippen molar-refractivity contribution in [1.29, 1.82) is 5.26 Å². The Kier molecular flexibility index (Phi) is 16.0. The van der Waals surface area contributed by atoms with Gasteiger partial charge in [-0.25, -0.2) is 0 Å². The second kappa shape index (κ2) is 17.3. The summed E-state index contributed by atoms with van der Waals surface area (Å²) in [6.07, 6.45) is 0.874. The van der Waals surface area contributed by atoms with Crippen molar-refractivity contribution in [2.24, 2.45) is 11.5 Å². The number of nitrogens with zero attached hydrogens (tertiary/aromatic N) is 2. The van der Waals surface area contributed by atoms with Gasteiger partial charge in [0, 0.05) is 30.7 Å². The number of pyridine rings is 1. The van der Waals surface area contributed by atoms with Gasteiger partial charge in [0.1, 0.15) is 6.07 Å². The van der Waals surface area contributed by atoms with Crippen LogP contribution >= 0.6 is 24.2 Å². The van der Waals surface area contributed by atoms with E-state index >= 15 is 0 Å². The molecule has 170 valence electrons. The molecule has 1 aromatic heterocycles. The third kappa shape index (κ3) is 11.5. The van der Waals surface area contributed by atoms with Crippen LogP contribution in [0.15, 0.2) is 35.2 Å². The molecule has 0 amide bonds. The lowest BCUT2D eigenvalue weighted by molar-refractivity contribution is 0.874. The molecule has 7 nitrogen and oxygen atoms in total. The number of nitrogens with one attached hydrogen (secondary N) is 3. The molecule has 1 aromatic carbocycles. The van der Waals surface area contributed by atoms with Gasteiger partial charge < -0.3 is 26.8 Å². The number of anilines is 1. The lowest BCUT2D eigenvalue weighted by atomic mass is 10.2. The number of nitrogens with two attached hydrogens (primary N) is 2. The summed E-state index contributed by atoms with van der Waals surface area (Å²) in [5, 5.41) is 15.7. The molecule has 0 aliphatic heterocycles. The molecule has 31 heavy (non-hydrogen) atoms. The molecule has 2 rings (SSSR count). The maximum atomic E-state index is 9.14. The van der Waals surface area contributed by atoms with Gasteiger partial charge in [0.25, 0.3) is 0 Å². The molecule has 0 saturated carbocycles. The van der Waals surface area contributed by atoms with Crippen LogP contribution < -0.4 is 26.8 Å². The number of nitriles is 1. The second-order valence-corrected chi connectivity index (χ2v) is 7.38. The first-order chi connectivity index (χ1) is 14.9. The Balaban J connectivity index is 0.000000628. The Morgan fingerprint density at radius 1 is 1.19 bits per heavy atom. The number of hydrogen-bond donors (Lipinski definition) is 5. The summed E-state index contributed by atoms with van der Waals surface area (Å²) in [7, 11) is 1.75.